The van der Waals surface area contributed by atoms with Gasteiger partial charge in [-0.15, -0.1) is 0 Å². The molecular weight excluding hydrogens is 126 g/mol. The first kappa shape index (κ1) is 8.02. The zero-order valence-corrected chi connectivity index (χ0v) is 6.60. The van der Waals surface area contributed by atoms with Crippen LogP contribution in [0.2, 0.25) is 0 Å². The average Bonchev–Trinajstić information content (AvgIpc) is 2.03. The fourth-order valence-electron chi connectivity index (χ4n) is 1.27. The van der Waals surface area contributed by atoms with E-state index in [2.05, 4.69) is 11.7 Å². The lowest BCUT2D eigenvalue weighted by atomic mass is 10.0. The lowest BCUT2D eigenvalue weighted by Gasteiger charge is -2.22. The van der Waals surface area contributed by atoms with Gasteiger partial charge in [-0.2, -0.15) is 0 Å². The van der Waals surface area contributed by atoms with Crippen molar-refractivity contribution in [1.82, 2.24) is 5.32 Å². The highest BCUT2D eigenvalue weighted by molar-refractivity contribution is 4.82. The highest BCUT2D eigenvalue weighted by Crippen LogP contribution is 2.08. The van der Waals surface area contributed by atoms with Crippen LogP contribution in [0.4, 0.5) is 0 Å². The summed E-state index contributed by atoms with van der Waals surface area (Å²) in [6.45, 7) is 2.03. The van der Waals surface area contributed by atoms with E-state index in [-0.39, 0.29) is 0 Å². The topological polar surface area (TPSA) is 21.3 Å². The van der Waals surface area contributed by atoms with E-state index in [4.69, 9.17) is 4.74 Å². The molecule has 1 rings (SSSR count). The summed E-state index contributed by atoms with van der Waals surface area (Å²) in [5.41, 5.74) is 0. The molecule has 1 saturated heterocycles. The minimum Gasteiger partial charge on any atom is -0.385 e. The van der Waals surface area contributed by atoms with Crippen molar-refractivity contribution in [3.8, 4) is 0 Å². The average molecular weight is 142 g/mol. The Balaban J connectivity index is 2.02. The number of methoxy groups -OCH3 is 1. The molecule has 1 heterocycles. The monoisotopic (exact) mass is 142 g/mol. The minimum absolute atomic E-state index is 0.675. The standard InChI is InChI=1S/C8H16NO/c1-10-7-5-8-4-2-3-6-9-8/h2,8-9H,3-7H2,1H3. The molecule has 2 nitrogen and oxygen atoms in total. The Morgan fingerprint density at radius 1 is 1.70 bits per heavy atom. The van der Waals surface area contributed by atoms with Gasteiger partial charge in [0.2, 0.25) is 0 Å². The first-order valence-electron chi connectivity index (χ1n) is 3.97. The molecule has 1 aliphatic rings. The number of piperidine rings is 1. The molecule has 1 N–H and O–H groups in total. The predicted octanol–water partition coefficient (Wildman–Crippen LogP) is 0.979. The lowest BCUT2D eigenvalue weighted by Crippen LogP contribution is -2.34. The van der Waals surface area contributed by atoms with Crippen molar-refractivity contribution >= 4 is 0 Å². The van der Waals surface area contributed by atoms with Crippen LogP contribution in [0.25, 0.3) is 0 Å². The summed E-state index contributed by atoms with van der Waals surface area (Å²) in [6, 6.07) is 0.675. The van der Waals surface area contributed by atoms with Gasteiger partial charge in [-0.25, -0.2) is 0 Å². The highest BCUT2D eigenvalue weighted by atomic mass is 16.5. The van der Waals surface area contributed by atoms with Crippen molar-refractivity contribution in [2.75, 3.05) is 20.3 Å². The van der Waals surface area contributed by atoms with Crippen molar-refractivity contribution in [1.29, 1.82) is 0 Å². The molecule has 0 bridgehead atoms. The quantitative estimate of drug-likeness (QED) is 0.634. The van der Waals surface area contributed by atoms with Gasteiger partial charge in [-0.3, -0.25) is 0 Å². The van der Waals surface area contributed by atoms with Gasteiger partial charge in [0.25, 0.3) is 0 Å². The molecule has 59 valence electrons. The zero-order valence-electron chi connectivity index (χ0n) is 6.60. The molecule has 0 aliphatic carbocycles. The second-order valence-electron chi connectivity index (χ2n) is 2.75. The van der Waals surface area contributed by atoms with E-state index in [9.17, 15) is 0 Å². The van der Waals surface area contributed by atoms with Crippen molar-refractivity contribution < 1.29 is 4.74 Å². The minimum atomic E-state index is 0.675. The summed E-state index contributed by atoms with van der Waals surface area (Å²) in [5, 5.41) is 3.44. The van der Waals surface area contributed by atoms with Crippen LogP contribution in [0.15, 0.2) is 0 Å². The largest absolute Gasteiger partial charge is 0.385 e. The second-order valence-corrected chi connectivity index (χ2v) is 2.75. The molecule has 0 aromatic heterocycles. The fourth-order valence-corrected chi connectivity index (χ4v) is 1.27. The Morgan fingerprint density at radius 3 is 3.20 bits per heavy atom. The normalized spacial score (nSPS) is 26.7. The van der Waals surface area contributed by atoms with Crippen LogP contribution in [0.5, 0.6) is 0 Å². The van der Waals surface area contributed by atoms with Crippen molar-refractivity contribution in [3.63, 3.8) is 0 Å². The van der Waals surface area contributed by atoms with Gasteiger partial charge in [0.05, 0.1) is 0 Å². The van der Waals surface area contributed by atoms with Crippen molar-refractivity contribution in [2.45, 2.75) is 25.3 Å². The third-order valence-electron chi connectivity index (χ3n) is 1.90. The van der Waals surface area contributed by atoms with Crippen LogP contribution in [0, 0.1) is 6.42 Å². The molecule has 0 saturated carbocycles. The molecule has 1 radical (unpaired) electrons. The van der Waals surface area contributed by atoms with Gasteiger partial charge >= 0.3 is 0 Å². The number of nitrogens with one attached hydrogen (secondary N) is 1. The highest BCUT2D eigenvalue weighted by Gasteiger charge is 2.10. The molecule has 0 aromatic carbocycles. The number of ether oxygens (including phenoxy) is 1. The third kappa shape index (κ3) is 2.67. The molecule has 0 aromatic rings. The SMILES string of the molecule is COCCC1C[CH]CCN1. The van der Waals surface area contributed by atoms with E-state index in [1.54, 1.807) is 7.11 Å². The van der Waals surface area contributed by atoms with Crippen molar-refractivity contribution in [2.24, 2.45) is 0 Å². The van der Waals surface area contributed by atoms with E-state index in [1.807, 2.05) is 0 Å². The van der Waals surface area contributed by atoms with Crippen LogP contribution < -0.4 is 5.32 Å². The third-order valence-corrected chi connectivity index (χ3v) is 1.90. The van der Waals surface area contributed by atoms with Gasteiger partial charge in [0.15, 0.2) is 0 Å². The van der Waals surface area contributed by atoms with Gasteiger partial charge in [0.1, 0.15) is 0 Å². The second kappa shape index (κ2) is 4.69. The molecule has 1 fully saturated rings. The Bertz CT molecular complexity index is 79.3. The maximum atomic E-state index is 4.99. The van der Waals surface area contributed by atoms with Gasteiger partial charge in [-0.1, -0.05) is 0 Å². The van der Waals surface area contributed by atoms with Crippen LogP contribution in [0.3, 0.4) is 0 Å². The zero-order chi connectivity index (χ0) is 7.23. The molecule has 1 atom stereocenters. The van der Waals surface area contributed by atoms with Crippen molar-refractivity contribution in [3.05, 3.63) is 6.42 Å². The smallest absolute Gasteiger partial charge is 0.0477 e. The maximum absolute atomic E-state index is 4.99. The first-order valence-corrected chi connectivity index (χ1v) is 3.97. The molecule has 2 heteroatoms. The molecule has 0 spiro atoms. The van der Waals surface area contributed by atoms with E-state index in [1.165, 1.54) is 12.8 Å². The lowest BCUT2D eigenvalue weighted by molar-refractivity contribution is 0.180. The summed E-state index contributed by atoms with van der Waals surface area (Å²) >= 11 is 0. The maximum Gasteiger partial charge on any atom is 0.0477 e. The summed E-state index contributed by atoms with van der Waals surface area (Å²) in [6.07, 6.45) is 5.94. The Morgan fingerprint density at radius 2 is 2.60 bits per heavy atom. The van der Waals surface area contributed by atoms with E-state index in [0.717, 1.165) is 19.6 Å². The summed E-state index contributed by atoms with van der Waals surface area (Å²) in [4.78, 5) is 0. The van der Waals surface area contributed by atoms with E-state index >= 15 is 0 Å². The molecule has 1 unspecified atom stereocenters. The van der Waals surface area contributed by atoms with E-state index in [0.29, 0.717) is 6.04 Å². The van der Waals surface area contributed by atoms with Crippen LogP contribution in [0.1, 0.15) is 19.3 Å². The molecule has 1 aliphatic heterocycles. The summed E-state index contributed by atoms with van der Waals surface area (Å²) < 4.78 is 4.99. The molecular formula is C8H16NO. The summed E-state index contributed by atoms with van der Waals surface area (Å²) in [7, 11) is 1.76. The van der Waals surface area contributed by atoms with Crippen LogP contribution in [-0.2, 0) is 4.74 Å². The van der Waals surface area contributed by atoms with Gasteiger partial charge in [-0.05, 0) is 32.2 Å². The van der Waals surface area contributed by atoms with Gasteiger partial charge < -0.3 is 10.1 Å². The molecule has 0 amide bonds. The number of rotatable bonds is 3. The van der Waals surface area contributed by atoms with E-state index < -0.39 is 0 Å². The first-order chi connectivity index (χ1) is 4.93. The Labute approximate surface area is 63.0 Å². The summed E-state index contributed by atoms with van der Waals surface area (Å²) in [5.74, 6) is 0. The molecule has 10 heavy (non-hydrogen) atoms. The van der Waals surface area contributed by atoms with Gasteiger partial charge in [0, 0.05) is 19.8 Å². The fraction of sp³-hybridized carbons (Fsp3) is 0.875. The predicted molar refractivity (Wildman–Crippen MR) is 41.8 cm³/mol. The number of hydrogen-bond acceptors (Lipinski definition) is 2. The Hall–Kier alpha value is -0.0800. The van der Waals surface area contributed by atoms with Crippen LogP contribution >= 0.6 is 0 Å². The van der Waals surface area contributed by atoms with Crippen LogP contribution in [-0.4, -0.2) is 26.3 Å². The number of hydrogen-bond donors (Lipinski definition) is 1. The Kier molecular flexibility index (Phi) is 3.76.